The van der Waals surface area contributed by atoms with Gasteiger partial charge in [-0.05, 0) is 49.9 Å². The summed E-state index contributed by atoms with van der Waals surface area (Å²) in [5, 5.41) is 2.43. The molecule has 154 valence electrons. The zero-order valence-electron chi connectivity index (χ0n) is 17.2. The number of thioether (sulfide) groups is 1. The number of thiazole rings is 1. The molecule has 2 heterocycles. The number of nitrogens with zero attached hydrogens (tertiary/aromatic N) is 2. The molecule has 3 aromatic rings. The molecule has 0 amide bonds. The fourth-order valence-electron chi connectivity index (χ4n) is 3.70. The van der Waals surface area contributed by atoms with Crippen LogP contribution in [0.4, 0.5) is 5.69 Å². The Bertz CT molecular complexity index is 1090. The minimum Gasteiger partial charge on any atom is -1.00 e. The van der Waals surface area contributed by atoms with Gasteiger partial charge in [0.2, 0.25) is 0 Å². The second-order valence-corrected chi connectivity index (χ2v) is 8.95. The highest BCUT2D eigenvalue weighted by Crippen LogP contribution is 2.50. The van der Waals surface area contributed by atoms with Gasteiger partial charge >= 0.3 is 0 Å². The smallest absolute Gasteiger partial charge is 0.177 e. The lowest BCUT2D eigenvalue weighted by Gasteiger charge is -2.32. The highest BCUT2D eigenvalue weighted by atomic mass is 127. The highest BCUT2D eigenvalue weighted by molar-refractivity contribution is 8.03. The van der Waals surface area contributed by atoms with Crippen molar-refractivity contribution >= 4 is 45.1 Å². The van der Waals surface area contributed by atoms with E-state index in [-0.39, 0.29) is 24.0 Å². The normalized spacial score (nSPS) is 16.8. The molecule has 30 heavy (non-hydrogen) atoms. The van der Waals surface area contributed by atoms with Crippen LogP contribution in [0, 0.1) is 0 Å². The number of para-hydroxylation sites is 2. The number of quaternary nitrogens is 1. The van der Waals surface area contributed by atoms with Crippen molar-refractivity contribution in [3.63, 3.8) is 0 Å². The third-order valence-electron chi connectivity index (χ3n) is 5.27. The number of allylic oxidation sites excluding steroid dienone is 6. The van der Waals surface area contributed by atoms with Gasteiger partial charge in [0, 0.05) is 12.1 Å². The SMILES string of the molecule is CC[N+]1(CC)C(=CC=CC=CC=Cc2nc3ccccc3s2)Sc2ccccc21.[I-]. The third kappa shape index (κ3) is 4.64. The standard InChI is InChI=1S/C25H25N2S2.HI/c1-3-27(4-2)21-15-11-13-17-23(21)29-25(27)19-9-7-5-6-8-18-24-26-20-14-10-12-16-22(20)28-24;/h5-19H,3-4H2,1-2H3;1H/q+1;/p-1. The number of hydrogen-bond donors (Lipinski definition) is 0. The fraction of sp³-hybridized carbons (Fsp3) is 0.160. The van der Waals surface area contributed by atoms with E-state index in [0.29, 0.717) is 0 Å². The molecule has 0 spiro atoms. The molecule has 1 aliphatic heterocycles. The first-order chi connectivity index (χ1) is 14.3. The van der Waals surface area contributed by atoms with E-state index in [1.807, 2.05) is 23.9 Å². The largest absolute Gasteiger partial charge is 1.00 e. The minimum absolute atomic E-state index is 0. The van der Waals surface area contributed by atoms with E-state index in [0.717, 1.165) is 28.1 Å². The van der Waals surface area contributed by atoms with E-state index in [2.05, 4.69) is 97.8 Å². The average molecular weight is 545 g/mol. The van der Waals surface area contributed by atoms with Crippen LogP contribution in [-0.4, -0.2) is 18.1 Å². The van der Waals surface area contributed by atoms with Gasteiger partial charge in [0.25, 0.3) is 0 Å². The number of benzene rings is 2. The Kier molecular flexibility index (Phi) is 8.11. The molecular weight excluding hydrogens is 519 g/mol. The molecule has 0 saturated heterocycles. The van der Waals surface area contributed by atoms with Crippen molar-refractivity contribution < 1.29 is 24.0 Å². The zero-order valence-corrected chi connectivity index (χ0v) is 21.0. The molecule has 0 aliphatic carbocycles. The van der Waals surface area contributed by atoms with Crippen LogP contribution in [0.15, 0.2) is 94.9 Å². The zero-order chi connectivity index (χ0) is 20.1. The Morgan fingerprint density at radius 3 is 2.37 bits per heavy atom. The molecule has 2 nitrogen and oxygen atoms in total. The Labute approximate surface area is 204 Å². The number of halogens is 1. The lowest BCUT2D eigenvalue weighted by atomic mass is 10.2. The molecule has 0 bridgehead atoms. The summed E-state index contributed by atoms with van der Waals surface area (Å²) >= 11 is 3.61. The van der Waals surface area contributed by atoms with E-state index in [1.165, 1.54) is 20.3 Å². The molecule has 4 rings (SSSR count). The Morgan fingerprint density at radius 1 is 0.867 bits per heavy atom. The molecule has 2 aromatic carbocycles. The van der Waals surface area contributed by atoms with Gasteiger partial charge in [-0.15, -0.1) is 11.3 Å². The Morgan fingerprint density at radius 2 is 1.57 bits per heavy atom. The molecule has 1 aromatic heterocycles. The van der Waals surface area contributed by atoms with Crippen LogP contribution in [0.5, 0.6) is 0 Å². The van der Waals surface area contributed by atoms with Crippen molar-refractivity contribution in [2.75, 3.05) is 13.1 Å². The average Bonchev–Trinajstić information content (AvgIpc) is 3.31. The van der Waals surface area contributed by atoms with Gasteiger partial charge in [0.15, 0.2) is 10.7 Å². The summed E-state index contributed by atoms with van der Waals surface area (Å²) in [5.74, 6) is 0. The molecule has 0 fully saturated rings. The molecule has 0 saturated carbocycles. The van der Waals surface area contributed by atoms with E-state index in [1.54, 1.807) is 11.3 Å². The maximum Gasteiger partial charge on any atom is 0.177 e. The molecule has 5 heteroatoms. The van der Waals surface area contributed by atoms with Crippen molar-refractivity contribution in [1.82, 2.24) is 9.47 Å². The maximum absolute atomic E-state index is 4.62. The Balaban J connectivity index is 0.00000256. The van der Waals surface area contributed by atoms with Crippen LogP contribution >= 0.6 is 23.1 Å². The van der Waals surface area contributed by atoms with E-state index < -0.39 is 0 Å². The summed E-state index contributed by atoms with van der Waals surface area (Å²) in [6.07, 6.45) is 14.7. The van der Waals surface area contributed by atoms with Gasteiger partial charge in [-0.2, -0.15) is 0 Å². The van der Waals surface area contributed by atoms with Gasteiger partial charge in [-0.25, -0.2) is 4.98 Å². The first-order valence-electron chi connectivity index (χ1n) is 9.99. The summed E-state index contributed by atoms with van der Waals surface area (Å²) < 4.78 is 2.16. The molecule has 0 radical (unpaired) electrons. The molecule has 0 atom stereocenters. The first kappa shape index (κ1) is 23.0. The number of fused-ring (bicyclic) bond motifs is 2. The van der Waals surface area contributed by atoms with Gasteiger partial charge in [-0.1, -0.05) is 54.6 Å². The van der Waals surface area contributed by atoms with Crippen LogP contribution in [0.2, 0.25) is 0 Å². The van der Waals surface area contributed by atoms with Gasteiger partial charge in [-0.3, -0.25) is 4.48 Å². The highest BCUT2D eigenvalue weighted by Gasteiger charge is 2.41. The van der Waals surface area contributed by atoms with Crippen LogP contribution in [0.3, 0.4) is 0 Å². The first-order valence-corrected chi connectivity index (χ1v) is 11.6. The van der Waals surface area contributed by atoms with Crippen LogP contribution in [0.1, 0.15) is 18.9 Å². The summed E-state index contributed by atoms with van der Waals surface area (Å²) in [4.78, 5) is 6.00. The van der Waals surface area contributed by atoms with Crippen LogP contribution < -0.4 is 28.5 Å². The van der Waals surface area contributed by atoms with Gasteiger partial charge in [0.05, 0.1) is 28.2 Å². The number of rotatable bonds is 6. The number of hydrogen-bond acceptors (Lipinski definition) is 3. The second-order valence-electron chi connectivity index (χ2n) is 6.82. The van der Waals surface area contributed by atoms with Crippen molar-refractivity contribution in [3.05, 3.63) is 95.0 Å². The van der Waals surface area contributed by atoms with Crippen molar-refractivity contribution in [1.29, 1.82) is 0 Å². The second kappa shape index (κ2) is 10.6. The summed E-state index contributed by atoms with van der Waals surface area (Å²) in [6.45, 7) is 6.69. The monoisotopic (exact) mass is 544 g/mol. The number of aromatic nitrogens is 1. The Hall–Kier alpha value is -1.67. The lowest BCUT2D eigenvalue weighted by molar-refractivity contribution is -0.00000560. The van der Waals surface area contributed by atoms with Crippen molar-refractivity contribution in [2.24, 2.45) is 0 Å². The lowest BCUT2D eigenvalue weighted by Crippen LogP contribution is -3.00. The topological polar surface area (TPSA) is 12.9 Å². The molecule has 0 unspecified atom stereocenters. The molecule has 1 aliphatic rings. The summed E-state index contributed by atoms with van der Waals surface area (Å²) in [5.41, 5.74) is 2.49. The summed E-state index contributed by atoms with van der Waals surface area (Å²) in [6, 6.07) is 17.0. The van der Waals surface area contributed by atoms with Gasteiger partial charge < -0.3 is 24.0 Å². The maximum atomic E-state index is 4.62. The van der Waals surface area contributed by atoms with Crippen LogP contribution in [0.25, 0.3) is 16.3 Å². The predicted molar refractivity (Wildman–Crippen MR) is 130 cm³/mol. The molecular formula is C25H25IN2S2. The predicted octanol–water partition coefficient (Wildman–Crippen LogP) is 4.42. The van der Waals surface area contributed by atoms with Crippen LogP contribution in [-0.2, 0) is 0 Å². The summed E-state index contributed by atoms with van der Waals surface area (Å²) in [7, 11) is 0. The molecule has 0 N–H and O–H groups in total. The minimum atomic E-state index is 0. The fourth-order valence-corrected chi connectivity index (χ4v) is 5.98. The quantitative estimate of drug-likeness (QED) is 0.259. The van der Waals surface area contributed by atoms with E-state index >= 15 is 0 Å². The van der Waals surface area contributed by atoms with Crippen molar-refractivity contribution in [2.45, 2.75) is 18.7 Å². The van der Waals surface area contributed by atoms with Gasteiger partial charge in [0.1, 0.15) is 5.01 Å². The third-order valence-corrected chi connectivity index (χ3v) is 7.54. The van der Waals surface area contributed by atoms with E-state index in [4.69, 9.17) is 0 Å². The van der Waals surface area contributed by atoms with E-state index in [9.17, 15) is 0 Å². The van der Waals surface area contributed by atoms with Crippen molar-refractivity contribution in [3.8, 4) is 0 Å².